The molecule has 1 amide bonds. The van der Waals surface area contributed by atoms with Crippen molar-refractivity contribution in [2.24, 2.45) is 7.05 Å². The molecule has 0 radical (unpaired) electrons. The van der Waals surface area contributed by atoms with Crippen molar-refractivity contribution in [2.75, 3.05) is 5.32 Å². The maximum Gasteiger partial charge on any atom is 0.228 e. The van der Waals surface area contributed by atoms with Gasteiger partial charge in [-0.05, 0) is 53.6 Å². The SMILES string of the molecule is Cn1cc(CC(=O)Nc2ccc(OCc3ccc(Cl)cc3)cc2)c2ccccc21. The molecule has 0 aliphatic heterocycles. The van der Waals surface area contributed by atoms with Crippen LogP contribution in [0.15, 0.2) is 79.0 Å². The zero-order valence-electron chi connectivity index (χ0n) is 16.1. The number of benzene rings is 3. The van der Waals surface area contributed by atoms with Crippen LogP contribution in [0.25, 0.3) is 10.9 Å². The molecule has 29 heavy (non-hydrogen) atoms. The fraction of sp³-hybridized carbons (Fsp3) is 0.125. The van der Waals surface area contributed by atoms with E-state index < -0.39 is 0 Å². The summed E-state index contributed by atoms with van der Waals surface area (Å²) in [6.07, 6.45) is 2.34. The van der Waals surface area contributed by atoms with Crippen LogP contribution in [-0.2, 0) is 24.9 Å². The number of aromatic nitrogens is 1. The van der Waals surface area contributed by atoms with Crippen molar-refractivity contribution in [3.63, 3.8) is 0 Å². The van der Waals surface area contributed by atoms with Crippen LogP contribution in [0.4, 0.5) is 5.69 Å². The topological polar surface area (TPSA) is 43.3 Å². The molecule has 1 heterocycles. The predicted molar refractivity (Wildman–Crippen MR) is 117 cm³/mol. The number of ether oxygens (including phenoxy) is 1. The molecule has 4 aromatic rings. The molecule has 5 heteroatoms. The van der Waals surface area contributed by atoms with Gasteiger partial charge in [0.25, 0.3) is 0 Å². The van der Waals surface area contributed by atoms with Gasteiger partial charge in [0.2, 0.25) is 5.91 Å². The van der Waals surface area contributed by atoms with Crippen molar-refractivity contribution >= 4 is 34.1 Å². The summed E-state index contributed by atoms with van der Waals surface area (Å²) in [4.78, 5) is 12.5. The summed E-state index contributed by atoms with van der Waals surface area (Å²) in [7, 11) is 1.99. The molecule has 0 aliphatic carbocycles. The zero-order chi connectivity index (χ0) is 20.2. The fourth-order valence-electron chi connectivity index (χ4n) is 3.33. The molecular weight excluding hydrogens is 384 g/mol. The largest absolute Gasteiger partial charge is 0.489 e. The Kier molecular flexibility index (Phi) is 5.54. The lowest BCUT2D eigenvalue weighted by atomic mass is 10.1. The van der Waals surface area contributed by atoms with Crippen LogP contribution < -0.4 is 10.1 Å². The minimum absolute atomic E-state index is 0.0452. The number of fused-ring (bicyclic) bond motifs is 1. The lowest BCUT2D eigenvalue weighted by molar-refractivity contribution is -0.115. The van der Waals surface area contributed by atoms with Gasteiger partial charge < -0.3 is 14.6 Å². The average Bonchev–Trinajstić information content (AvgIpc) is 3.04. The van der Waals surface area contributed by atoms with E-state index >= 15 is 0 Å². The Bertz CT molecular complexity index is 1130. The van der Waals surface area contributed by atoms with E-state index in [1.807, 2.05) is 84.5 Å². The number of amides is 1. The molecule has 146 valence electrons. The van der Waals surface area contributed by atoms with Gasteiger partial charge in [-0.1, -0.05) is 41.9 Å². The monoisotopic (exact) mass is 404 g/mol. The second kappa shape index (κ2) is 8.41. The third kappa shape index (κ3) is 4.61. The maximum absolute atomic E-state index is 12.5. The number of para-hydroxylation sites is 1. The molecule has 0 fully saturated rings. The highest BCUT2D eigenvalue weighted by Gasteiger charge is 2.10. The molecular formula is C24H21ClN2O2. The molecule has 4 rings (SSSR count). The van der Waals surface area contributed by atoms with Crippen molar-refractivity contribution in [3.05, 3.63) is 95.1 Å². The minimum Gasteiger partial charge on any atom is -0.489 e. The van der Waals surface area contributed by atoms with Crippen LogP contribution in [0.3, 0.4) is 0 Å². The minimum atomic E-state index is -0.0452. The Morgan fingerprint density at radius 1 is 1.00 bits per heavy atom. The first-order valence-electron chi connectivity index (χ1n) is 9.38. The molecule has 1 aromatic heterocycles. The number of carbonyl (C=O) groups is 1. The highest BCUT2D eigenvalue weighted by molar-refractivity contribution is 6.30. The van der Waals surface area contributed by atoms with Gasteiger partial charge in [-0.3, -0.25) is 4.79 Å². The summed E-state index contributed by atoms with van der Waals surface area (Å²) in [5, 5.41) is 4.77. The first kappa shape index (κ1) is 19.1. The summed E-state index contributed by atoms with van der Waals surface area (Å²) >= 11 is 5.89. The van der Waals surface area contributed by atoms with Crippen LogP contribution in [0.2, 0.25) is 5.02 Å². The lowest BCUT2D eigenvalue weighted by Gasteiger charge is -2.09. The number of aryl methyl sites for hydroxylation is 1. The molecule has 0 saturated carbocycles. The molecule has 0 saturated heterocycles. The van der Waals surface area contributed by atoms with Gasteiger partial charge in [0.05, 0.1) is 6.42 Å². The number of nitrogens with zero attached hydrogens (tertiary/aromatic N) is 1. The van der Waals surface area contributed by atoms with Crippen LogP contribution in [0.5, 0.6) is 5.75 Å². The Morgan fingerprint density at radius 2 is 1.72 bits per heavy atom. The molecule has 1 N–H and O–H groups in total. The third-order valence-electron chi connectivity index (χ3n) is 4.79. The van der Waals surface area contributed by atoms with Crippen molar-refractivity contribution < 1.29 is 9.53 Å². The Morgan fingerprint density at radius 3 is 2.48 bits per heavy atom. The van der Waals surface area contributed by atoms with E-state index in [2.05, 4.69) is 11.4 Å². The van der Waals surface area contributed by atoms with Crippen molar-refractivity contribution in [2.45, 2.75) is 13.0 Å². The summed E-state index contributed by atoms with van der Waals surface area (Å²) in [5.41, 5.74) is 3.93. The molecule has 0 unspecified atom stereocenters. The van der Waals surface area contributed by atoms with Crippen molar-refractivity contribution in [1.29, 1.82) is 0 Å². The molecule has 0 aliphatic rings. The van der Waals surface area contributed by atoms with E-state index in [4.69, 9.17) is 16.3 Å². The maximum atomic E-state index is 12.5. The first-order valence-corrected chi connectivity index (χ1v) is 9.76. The van der Waals surface area contributed by atoms with E-state index in [0.29, 0.717) is 18.1 Å². The van der Waals surface area contributed by atoms with Gasteiger partial charge in [0.1, 0.15) is 12.4 Å². The lowest BCUT2D eigenvalue weighted by Crippen LogP contribution is -2.14. The van der Waals surface area contributed by atoms with E-state index in [9.17, 15) is 4.79 Å². The summed E-state index contributed by atoms with van der Waals surface area (Å²) in [6, 6.07) is 23.0. The second-order valence-corrected chi connectivity index (χ2v) is 7.38. The third-order valence-corrected chi connectivity index (χ3v) is 5.04. The number of hydrogen-bond donors (Lipinski definition) is 1. The van der Waals surface area contributed by atoms with Crippen molar-refractivity contribution in [3.8, 4) is 5.75 Å². The normalized spacial score (nSPS) is 10.8. The first-order chi connectivity index (χ1) is 14.1. The quantitative estimate of drug-likeness (QED) is 0.455. The van der Waals surface area contributed by atoms with E-state index in [-0.39, 0.29) is 5.91 Å². The van der Waals surface area contributed by atoms with Gasteiger partial charge in [0.15, 0.2) is 0 Å². The van der Waals surface area contributed by atoms with Crippen LogP contribution in [0.1, 0.15) is 11.1 Å². The molecule has 0 atom stereocenters. The average molecular weight is 405 g/mol. The number of rotatable bonds is 6. The Hall–Kier alpha value is -3.24. The molecule has 0 bridgehead atoms. The van der Waals surface area contributed by atoms with Gasteiger partial charge in [-0.2, -0.15) is 0 Å². The van der Waals surface area contributed by atoms with Crippen LogP contribution in [0, 0.1) is 0 Å². The Balaban J connectivity index is 1.35. The molecule has 4 nitrogen and oxygen atoms in total. The number of nitrogens with one attached hydrogen (secondary N) is 1. The van der Waals surface area contributed by atoms with Gasteiger partial charge in [-0.15, -0.1) is 0 Å². The molecule has 0 spiro atoms. The summed E-state index contributed by atoms with van der Waals surface area (Å²) in [6.45, 7) is 0.462. The smallest absolute Gasteiger partial charge is 0.228 e. The number of halogens is 1. The molecule has 3 aromatic carbocycles. The summed E-state index contributed by atoms with van der Waals surface area (Å²) in [5.74, 6) is 0.697. The number of hydrogen-bond acceptors (Lipinski definition) is 2. The number of carbonyl (C=O) groups excluding carboxylic acids is 1. The van der Waals surface area contributed by atoms with Crippen LogP contribution >= 0.6 is 11.6 Å². The van der Waals surface area contributed by atoms with Gasteiger partial charge >= 0.3 is 0 Å². The van der Waals surface area contributed by atoms with Crippen LogP contribution in [-0.4, -0.2) is 10.5 Å². The van der Waals surface area contributed by atoms with E-state index in [1.54, 1.807) is 0 Å². The number of anilines is 1. The van der Waals surface area contributed by atoms with Gasteiger partial charge in [-0.25, -0.2) is 0 Å². The summed E-state index contributed by atoms with van der Waals surface area (Å²) < 4.78 is 7.83. The van der Waals surface area contributed by atoms with Crippen molar-refractivity contribution in [1.82, 2.24) is 4.57 Å². The fourth-order valence-corrected chi connectivity index (χ4v) is 3.45. The predicted octanol–water partition coefficient (Wildman–Crippen LogP) is 5.59. The zero-order valence-corrected chi connectivity index (χ0v) is 16.8. The standard InChI is InChI=1S/C24H21ClN2O2/c1-27-15-18(22-4-2-3-5-23(22)27)14-24(28)26-20-10-12-21(13-11-20)29-16-17-6-8-19(25)9-7-17/h2-13,15H,14,16H2,1H3,(H,26,28). The highest BCUT2D eigenvalue weighted by Crippen LogP contribution is 2.22. The Labute approximate surface area is 174 Å². The van der Waals surface area contributed by atoms with E-state index in [1.165, 1.54) is 0 Å². The highest BCUT2D eigenvalue weighted by atomic mass is 35.5. The second-order valence-electron chi connectivity index (χ2n) is 6.95. The van der Waals surface area contributed by atoms with E-state index in [0.717, 1.165) is 33.5 Å². The van der Waals surface area contributed by atoms with Gasteiger partial charge in [0, 0.05) is 34.9 Å².